The van der Waals surface area contributed by atoms with Crippen LogP contribution in [0.15, 0.2) is 0 Å². The summed E-state index contributed by atoms with van der Waals surface area (Å²) in [7, 11) is 0. The summed E-state index contributed by atoms with van der Waals surface area (Å²) >= 11 is 0. The topological polar surface area (TPSA) is 92.4 Å². The van der Waals surface area contributed by atoms with Crippen LogP contribution in [0.2, 0.25) is 0 Å². The van der Waals surface area contributed by atoms with Crippen molar-refractivity contribution >= 4 is 11.9 Å². The van der Waals surface area contributed by atoms with Crippen molar-refractivity contribution in [3.63, 3.8) is 0 Å². The van der Waals surface area contributed by atoms with Crippen molar-refractivity contribution in [1.29, 1.82) is 0 Å². The van der Waals surface area contributed by atoms with Gasteiger partial charge in [-0.3, -0.25) is 9.59 Å². The predicted octanol–water partition coefficient (Wildman–Crippen LogP) is 0.0964. The van der Waals surface area contributed by atoms with E-state index >= 15 is 0 Å². The Labute approximate surface area is 83.7 Å². The number of amides is 1. The second kappa shape index (κ2) is 8.50. The largest absolute Gasteiger partial charge is 0.481 e. The molecule has 0 aliphatic rings. The van der Waals surface area contributed by atoms with E-state index in [2.05, 4.69) is 5.32 Å². The Morgan fingerprint density at radius 1 is 1.14 bits per heavy atom. The van der Waals surface area contributed by atoms with Crippen molar-refractivity contribution < 1.29 is 14.7 Å². The van der Waals surface area contributed by atoms with Crippen LogP contribution in [0.25, 0.3) is 0 Å². The van der Waals surface area contributed by atoms with Crippen LogP contribution in [-0.2, 0) is 9.59 Å². The molecule has 82 valence electrons. The summed E-state index contributed by atoms with van der Waals surface area (Å²) in [6, 6.07) is 0. The van der Waals surface area contributed by atoms with E-state index < -0.39 is 5.97 Å². The van der Waals surface area contributed by atoms with E-state index in [0.717, 1.165) is 19.3 Å². The summed E-state index contributed by atoms with van der Waals surface area (Å²) in [5, 5.41) is 11.0. The molecule has 0 saturated carbocycles. The molecule has 0 aliphatic heterocycles. The molecule has 14 heavy (non-hydrogen) atoms. The van der Waals surface area contributed by atoms with Crippen molar-refractivity contribution in [2.75, 3.05) is 13.1 Å². The zero-order valence-electron chi connectivity index (χ0n) is 8.29. The lowest BCUT2D eigenvalue weighted by molar-refractivity contribution is -0.137. The first kappa shape index (κ1) is 12.9. The van der Waals surface area contributed by atoms with Gasteiger partial charge in [-0.2, -0.15) is 0 Å². The maximum absolute atomic E-state index is 10.7. The lowest BCUT2D eigenvalue weighted by atomic mass is 10.1. The zero-order chi connectivity index (χ0) is 10.8. The van der Waals surface area contributed by atoms with Gasteiger partial charge in [0.2, 0.25) is 5.91 Å². The molecule has 0 radical (unpaired) electrons. The first-order chi connectivity index (χ1) is 6.66. The molecular formula is C9H18N2O3. The van der Waals surface area contributed by atoms with Crippen molar-refractivity contribution in [2.24, 2.45) is 5.73 Å². The summed E-state index contributed by atoms with van der Waals surface area (Å²) in [6.45, 7) is 0.655. The van der Waals surface area contributed by atoms with Gasteiger partial charge in [0.1, 0.15) is 0 Å². The lowest BCUT2D eigenvalue weighted by Gasteiger charge is -2.02. The molecule has 0 unspecified atom stereocenters. The number of hydrogen-bond donors (Lipinski definition) is 3. The van der Waals surface area contributed by atoms with Gasteiger partial charge in [0.25, 0.3) is 0 Å². The van der Waals surface area contributed by atoms with Crippen LogP contribution in [0, 0.1) is 0 Å². The van der Waals surface area contributed by atoms with E-state index in [1.54, 1.807) is 0 Å². The highest BCUT2D eigenvalue weighted by molar-refractivity contribution is 5.77. The molecule has 0 aromatic rings. The SMILES string of the molecule is NCC(=O)NCCCCCCC(=O)O. The number of aliphatic carboxylic acids is 1. The van der Waals surface area contributed by atoms with E-state index in [-0.39, 0.29) is 18.9 Å². The van der Waals surface area contributed by atoms with Gasteiger partial charge < -0.3 is 16.2 Å². The van der Waals surface area contributed by atoms with Crippen LogP contribution in [0.4, 0.5) is 0 Å². The Morgan fingerprint density at radius 2 is 1.79 bits per heavy atom. The number of unbranched alkanes of at least 4 members (excludes halogenated alkanes) is 3. The van der Waals surface area contributed by atoms with Crippen molar-refractivity contribution in [2.45, 2.75) is 32.1 Å². The van der Waals surface area contributed by atoms with Crippen LogP contribution in [-0.4, -0.2) is 30.1 Å². The molecule has 0 fully saturated rings. The number of rotatable bonds is 8. The third kappa shape index (κ3) is 8.99. The number of nitrogens with one attached hydrogen (secondary N) is 1. The highest BCUT2D eigenvalue weighted by Gasteiger charge is 1.97. The second-order valence-corrected chi connectivity index (χ2v) is 3.11. The molecule has 0 bridgehead atoms. The maximum atomic E-state index is 10.7. The third-order valence-corrected chi connectivity index (χ3v) is 1.82. The maximum Gasteiger partial charge on any atom is 0.303 e. The van der Waals surface area contributed by atoms with Gasteiger partial charge in [0.15, 0.2) is 0 Å². The van der Waals surface area contributed by atoms with E-state index in [0.29, 0.717) is 13.0 Å². The standard InChI is InChI=1S/C9H18N2O3/c10-7-8(12)11-6-4-2-1-3-5-9(13)14/h1-7,10H2,(H,11,12)(H,13,14). The molecule has 5 nitrogen and oxygen atoms in total. The fraction of sp³-hybridized carbons (Fsp3) is 0.778. The second-order valence-electron chi connectivity index (χ2n) is 3.11. The minimum atomic E-state index is -0.749. The molecule has 0 spiro atoms. The number of carbonyl (C=O) groups excluding carboxylic acids is 1. The fourth-order valence-corrected chi connectivity index (χ4v) is 1.05. The predicted molar refractivity (Wildman–Crippen MR) is 52.8 cm³/mol. The highest BCUT2D eigenvalue weighted by Crippen LogP contribution is 2.01. The molecule has 0 atom stereocenters. The number of nitrogens with two attached hydrogens (primary N) is 1. The van der Waals surface area contributed by atoms with Crippen LogP contribution in [0.1, 0.15) is 32.1 Å². The zero-order valence-corrected chi connectivity index (χ0v) is 8.29. The van der Waals surface area contributed by atoms with E-state index in [9.17, 15) is 9.59 Å². The first-order valence-electron chi connectivity index (χ1n) is 4.85. The third-order valence-electron chi connectivity index (χ3n) is 1.82. The smallest absolute Gasteiger partial charge is 0.303 e. The van der Waals surface area contributed by atoms with Crippen LogP contribution >= 0.6 is 0 Å². The van der Waals surface area contributed by atoms with Crippen LogP contribution in [0.3, 0.4) is 0 Å². The summed E-state index contributed by atoms with van der Waals surface area (Å²) in [5.74, 6) is -0.892. The summed E-state index contributed by atoms with van der Waals surface area (Å²) < 4.78 is 0. The van der Waals surface area contributed by atoms with Gasteiger partial charge >= 0.3 is 5.97 Å². The molecule has 1 amide bonds. The molecule has 5 heteroatoms. The quantitative estimate of drug-likeness (QED) is 0.486. The van der Waals surface area contributed by atoms with Gasteiger partial charge in [-0.25, -0.2) is 0 Å². The molecule has 0 aliphatic carbocycles. The average molecular weight is 202 g/mol. The van der Waals surface area contributed by atoms with Gasteiger partial charge in [-0.1, -0.05) is 12.8 Å². The van der Waals surface area contributed by atoms with Crippen molar-refractivity contribution in [3.05, 3.63) is 0 Å². The minimum Gasteiger partial charge on any atom is -0.481 e. The van der Waals surface area contributed by atoms with Gasteiger partial charge in [-0.05, 0) is 12.8 Å². The van der Waals surface area contributed by atoms with Crippen LogP contribution < -0.4 is 11.1 Å². The monoisotopic (exact) mass is 202 g/mol. The van der Waals surface area contributed by atoms with Crippen molar-refractivity contribution in [1.82, 2.24) is 5.32 Å². The van der Waals surface area contributed by atoms with Gasteiger partial charge in [0.05, 0.1) is 6.54 Å². The summed E-state index contributed by atoms with van der Waals surface area (Å²) in [5.41, 5.74) is 5.09. The summed E-state index contributed by atoms with van der Waals surface area (Å²) in [4.78, 5) is 20.8. The number of hydrogen-bond acceptors (Lipinski definition) is 3. The van der Waals surface area contributed by atoms with Crippen molar-refractivity contribution in [3.8, 4) is 0 Å². The van der Waals surface area contributed by atoms with Gasteiger partial charge in [0, 0.05) is 13.0 Å². The normalized spacial score (nSPS) is 9.79. The molecule has 0 saturated heterocycles. The molecule has 0 heterocycles. The Bertz CT molecular complexity index is 183. The molecule has 0 aromatic heterocycles. The number of carbonyl (C=O) groups is 2. The number of carboxylic acids is 1. The Balaban J connectivity index is 3.06. The van der Waals surface area contributed by atoms with E-state index in [1.165, 1.54) is 0 Å². The Hall–Kier alpha value is -1.10. The van der Waals surface area contributed by atoms with E-state index in [4.69, 9.17) is 10.8 Å². The average Bonchev–Trinajstić information content (AvgIpc) is 2.15. The lowest BCUT2D eigenvalue weighted by Crippen LogP contribution is -2.30. The summed E-state index contributed by atoms with van der Waals surface area (Å²) in [6.07, 6.45) is 3.66. The number of carboxylic acid groups (broad SMARTS) is 1. The highest BCUT2D eigenvalue weighted by atomic mass is 16.4. The molecule has 0 rings (SSSR count). The Morgan fingerprint density at radius 3 is 2.36 bits per heavy atom. The molecular weight excluding hydrogens is 184 g/mol. The molecule has 4 N–H and O–H groups in total. The first-order valence-corrected chi connectivity index (χ1v) is 4.85. The molecule has 0 aromatic carbocycles. The van der Waals surface area contributed by atoms with E-state index in [1.807, 2.05) is 0 Å². The fourth-order valence-electron chi connectivity index (χ4n) is 1.05. The Kier molecular flexibility index (Phi) is 7.83. The van der Waals surface area contributed by atoms with Gasteiger partial charge in [-0.15, -0.1) is 0 Å². The van der Waals surface area contributed by atoms with Crippen LogP contribution in [0.5, 0.6) is 0 Å². The minimum absolute atomic E-state index is 0.0268.